The van der Waals surface area contributed by atoms with E-state index < -0.39 is 0 Å². The molecule has 1 heterocycles. The summed E-state index contributed by atoms with van der Waals surface area (Å²) in [7, 11) is 0. The van der Waals surface area contributed by atoms with Crippen molar-refractivity contribution in [1.82, 2.24) is 4.98 Å². The van der Waals surface area contributed by atoms with Crippen molar-refractivity contribution < 1.29 is 0 Å². The zero-order valence-corrected chi connectivity index (χ0v) is 9.64. The largest absolute Gasteiger partial charge is 0.256 e. The molecule has 0 aliphatic heterocycles. The number of nitrogens with zero attached hydrogens (tertiary/aromatic N) is 1. The second-order valence-electron chi connectivity index (χ2n) is 3.77. The van der Waals surface area contributed by atoms with E-state index in [-0.39, 0.29) is 0 Å². The van der Waals surface area contributed by atoms with Crippen molar-refractivity contribution in [2.75, 3.05) is 0 Å². The molecule has 0 saturated carbocycles. The first kappa shape index (κ1) is 10.6. The molecule has 0 bridgehead atoms. The highest BCUT2D eigenvalue weighted by Gasteiger charge is 1.99. The Balaban J connectivity index is 2.34. The molecule has 1 nitrogen and oxygen atoms in total. The minimum absolute atomic E-state index is 1.04. The van der Waals surface area contributed by atoms with E-state index in [0.717, 1.165) is 11.3 Å². The SMILES string of the molecule is C/C=C(\C)c1ccc(-c2ccccc2)cn1. The molecule has 80 valence electrons. The lowest BCUT2D eigenvalue weighted by atomic mass is 10.1. The number of hydrogen-bond acceptors (Lipinski definition) is 1. The molecule has 0 aliphatic rings. The van der Waals surface area contributed by atoms with Crippen LogP contribution in [-0.4, -0.2) is 4.98 Å². The van der Waals surface area contributed by atoms with Gasteiger partial charge in [0.15, 0.2) is 0 Å². The van der Waals surface area contributed by atoms with E-state index in [1.54, 1.807) is 0 Å². The van der Waals surface area contributed by atoms with Crippen LogP contribution in [0.2, 0.25) is 0 Å². The quantitative estimate of drug-likeness (QED) is 0.723. The topological polar surface area (TPSA) is 12.9 Å². The van der Waals surface area contributed by atoms with Crippen LogP contribution in [0.3, 0.4) is 0 Å². The fourth-order valence-electron chi connectivity index (χ4n) is 1.58. The fourth-order valence-corrected chi connectivity index (χ4v) is 1.58. The fraction of sp³-hybridized carbons (Fsp3) is 0.133. The average molecular weight is 209 g/mol. The molecular weight excluding hydrogens is 194 g/mol. The molecule has 0 fully saturated rings. The van der Waals surface area contributed by atoms with Crippen LogP contribution >= 0.6 is 0 Å². The monoisotopic (exact) mass is 209 g/mol. The standard InChI is InChI=1S/C15H15N/c1-3-12(2)15-10-9-14(11-16-15)13-7-5-4-6-8-13/h3-11H,1-2H3/b12-3+. The molecule has 0 N–H and O–H groups in total. The zero-order chi connectivity index (χ0) is 11.4. The van der Waals surface area contributed by atoms with E-state index in [0.29, 0.717) is 0 Å². The number of allylic oxidation sites excluding steroid dienone is 2. The molecule has 0 radical (unpaired) electrons. The van der Waals surface area contributed by atoms with Crippen LogP contribution in [0.15, 0.2) is 54.7 Å². The molecule has 1 aromatic carbocycles. The van der Waals surface area contributed by atoms with E-state index in [1.807, 2.05) is 31.3 Å². The smallest absolute Gasteiger partial charge is 0.0655 e. The van der Waals surface area contributed by atoms with Gasteiger partial charge in [0.25, 0.3) is 0 Å². The Morgan fingerprint density at radius 1 is 1.00 bits per heavy atom. The minimum Gasteiger partial charge on any atom is -0.256 e. The first-order chi connectivity index (χ1) is 7.81. The van der Waals surface area contributed by atoms with Gasteiger partial charge < -0.3 is 0 Å². The Morgan fingerprint density at radius 2 is 1.75 bits per heavy atom. The molecule has 16 heavy (non-hydrogen) atoms. The number of benzene rings is 1. The van der Waals surface area contributed by atoms with Crippen molar-refractivity contribution in [1.29, 1.82) is 0 Å². The molecule has 0 saturated heterocycles. The highest BCUT2D eigenvalue weighted by molar-refractivity contribution is 5.66. The van der Waals surface area contributed by atoms with Gasteiger partial charge in [0.1, 0.15) is 0 Å². The molecule has 2 aromatic rings. The summed E-state index contributed by atoms with van der Waals surface area (Å²) in [6.45, 7) is 4.10. The molecule has 2 rings (SSSR count). The van der Waals surface area contributed by atoms with Crippen molar-refractivity contribution in [3.8, 4) is 11.1 Å². The normalized spacial score (nSPS) is 11.5. The Bertz CT molecular complexity index is 481. The Morgan fingerprint density at radius 3 is 2.31 bits per heavy atom. The van der Waals surface area contributed by atoms with Crippen molar-refractivity contribution in [2.45, 2.75) is 13.8 Å². The van der Waals surface area contributed by atoms with Gasteiger partial charge in [-0.1, -0.05) is 42.5 Å². The van der Waals surface area contributed by atoms with E-state index in [4.69, 9.17) is 0 Å². The lowest BCUT2D eigenvalue weighted by Crippen LogP contribution is -1.86. The third kappa shape index (κ3) is 2.19. The number of aromatic nitrogens is 1. The summed E-state index contributed by atoms with van der Waals surface area (Å²) in [6.07, 6.45) is 4.00. The molecule has 1 heteroatoms. The van der Waals surface area contributed by atoms with Crippen LogP contribution in [0.4, 0.5) is 0 Å². The lowest BCUT2D eigenvalue weighted by molar-refractivity contribution is 1.26. The van der Waals surface area contributed by atoms with Gasteiger partial charge in [-0.05, 0) is 31.1 Å². The van der Waals surface area contributed by atoms with Crippen LogP contribution in [-0.2, 0) is 0 Å². The van der Waals surface area contributed by atoms with Gasteiger partial charge >= 0.3 is 0 Å². The summed E-state index contributed by atoms with van der Waals surface area (Å²) in [5.74, 6) is 0. The molecule has 0 aliphatic carbocycles. The maximum atomic E-state index is 4.46. The van der Waals surface area contributed by atoms with Crippen LogP contribution in [0.1, 0.15) is 19.5 Å². The predicted octanol–water partition coefficient (Wildman–Crippen LogP) is 4.17. The highest BCUT2D eigenvalue weighted by atomic mass is 14.7. The van der Waals surface area contributed by atoms with Gasteiger partial charge in [-0.25, -0.2) is 0 Å². The third-order valence-corrected chi connectivity index (χ3v) is 2.71. The molecule has 1 aromatic heterocycles. The van der Waals surface area contributed by atoms with Crippen LogP contribution < -0.4 is 0 Å². The van der Waals surface area contributed by atoms with Gasteiger partial charge in [0, 0.05) is 11.8 Å². The molecule has 0 unspecified atom stereocenters. The summed E-state index contributed by atoms with van der Waals surface area (Å²) in [4.78, 5) is 4.46. The van der Waals surface area contributed by atoms with Crippen molar-refractivity contribution in [3.63, 3.8) is 0 Å². The van der Waals surface area contributed by atoms with Crippen molar-refractivity contribution >= 4 is 5.57 Å². The van der Waals surface area contributed by atoms with Crippen molar-refractivity contribution in [3.05, 3.63) is 60.4 Å². The van der Waals surface area contributed by atoms with E-state index >= 15 is 0 Å². The second-order valence-corrected chi connectivity index (χ2v) is 3.77. The minimum atomic E-state index is 1.04. The summed E-state index contributed by atoms with van der Waals surface area (Å²) < 4.78 is 0. The van der Waals surface area contributed by atoms with Gasteiger partial charge in [0.05, 0.1) is 5.69 Å². The predicted molar refractivity (Wildman–Crippen MR) is 69.0 cm³/mol. The van der Waals surface area contributed by atoms with Crippen molar-refractivity contribution in [2.24, 2.45) is 0 Å². The molecule has 0 atom stereocenters. The van der Waals surface area contributed by atoms with E-state index in [9.17, 15) is 0 Å². The van der Waals surface area contributed by atoms with Gasteiger partial charge in [0.2, 0.25) is 0 Å². The third-order valence-electron chi connectivity index (χ3n) is 2.71. The first-order valence-corrected chi connectivity index (χ1v) is 5.46. The maximum Gasteiger partial charge on any atom is 0.0655 e. The number of pyridine rings is 1. The summed E-state index contributed by atoms with van der Waals surface area (Å²) in [5.41, 5.74) is 4.62. The van der Waals surface area contributed by atoms with Crippen LogP contribution in [0.25, 0.3) is 16.7 Å². The summed E-state index contributed by atoms with van der Waals surface area (Å²) in [6, 6.07) is 14.5. The number of hydrogen-bond donors (Lipinski definition) is 0. The van der Waals surface area contributed by atoms with Gasteiger partial charge in [-0.2, -0.15) is 0 Å². The summed E-state index contributed by atoms with van der Waals surface area (Å²) >= 11 is 0. The maximum absolute atomic E-state index is 4.46. The number of rotatable bonds is 2. The average Bonchev–Trinajstić information content (AvgIpc) is 2.39. The molecule has 0 amide bonds. The van der Waals surface area contributed by atoms with Gasteiger partial charge in [-0.3, -0.25) is 4.98 Å². The Hall–Kier alpha value is -1.89. The van der Waals surface area contributed by atoms with Crippen LogP contribution in [0, 0.1) is 0 Å². The van der Waals surface area contributed by atoms with Crippen LogP contribution in [0.5, 0.6) is 0 Å². The first-order valence-electron chi connectivity index (χ1n) is 5.46. The zero-order valence-electron chi connectivity index (χ0n) is 9.64. The van der Waals surface area contributed by atoms with E-state index in [1.165, 1.54) is 11.1 Å². The second kappa shape index (κ2) is 4.75. The Kier molecular flexibility index (Phi) is 3.16. The van der Waals surface area contributed by atoms with Gasteiger partial charge in [-0.15, -0.1) is 0 Å². The molecule has 0 spiro atoms. The molecular formula is C15H15N. The lowest BCUT2D eigenvalue weighted by Gasteiger charge is -2.03. The highest BCUT2D eigenvalue weighted by Crippen LogP contribution is 2.19. The summed E-state index contributed by atoms with van der Waals surface area (Å²) in [5, 5.41) is 0. The Labute approximate surface area is 96.5 Å². The van der Waals surface area contributed by atoms with E-state index in [2.05, 4.69) is 42.2 Å².